The third-order valence-electron chi connectivity index (χ3n) is 3.04. The number of rotatable bonds is 7. The number of carbonyl (C=O) groups is 1. The van der Waals surface area contributed by atoms with Gasteiger partial charge in [-0.05, 0) is 24.8 Å². The lowest BCUT2D eigenvalue weighted by Crippen LogP contribution is -2.39. The zero-order chi connectivity index (χ0) is 15.3. The fourth-order valence-electron chi connectivity index (χ4n) is 2.02. The van der Waals surface area contributed by atoms with Crippen LogP contribution in [0.1, 0.15) is 38.8 Å². The minimum absolute atomic E-state index is 0.00637. The molecule has 110 valence electrons. The highest BCUT2D eigenvalue weighted by Gasteiger charge is 2.22. The lowest BCUT2D eigenvalue weighted by Gasteiger charge is -2.21. The molecular weight excluding hydrogens is 260 g/mol. The van der Waals surface area contributed by atoms with Gasteiger partial charge < -0.3 is 5.11 Å². The van der Waals surface area contributed by atoms with Crippen molar-refractivity contribution in [2.24, 2.45) is 5.92 Å². The van der Waals surface area contributed by atoms with Crippen molar-refractivity contribution in [1.82, 2.24) is 5.32 Å². The van der Waals surface area contributed by atoms with E-state index >= 15 is 0 Å². The summed E-state index contributed by atoms with van der Waals surface area (Å²) in [4.78, 5) is 21.5. The molecule has 2 N–H and O–H groups in total. The second kappa shape index (κ2) is 7.00. The van der Waals surface area contributed by atoms with Crippen LogP contribution in [0.3, 0.4) is 0 Å². The van der Waals surface area contributed by atoms with Gasteiger partial charge in [0.2, 0.25) is 0 Å². The zero-order valence-corrected chi connectivity index (χ0v) is 11.9. The van der Waals surface area contributed by atoms with Gasteiger partial charge in [-0.15, -0.1) is 0 Å². The molecular formula is C14H20N2O4. The van der Waals surface area contributed by atoms with Gasteiger partial charge >= 0.3 is 5.97 Å². The highest BCUT2D eigenvalue weighted by Crippen LogP contribution is 2.20. The van der Waals surface area contributed by atoms with Gasteiger partial charge in [-0.2, -0.15) is 0 Å². The number of aliphatic carboxylic acids is 1. The van der Waals surface area contributed by atoms with E-state index in [0.717, 1.165) is 0 Å². The van der Waals surface area contributed by atoms with Crippen molar-refractivity contribution in [2.75, 3.05) is 0 Å². The predicted octanol–water partition coefficient (Wildman–Crippen LogP) is 2.74. The van der Waals surface area contributed by atoms with E-state index in [9.17, 15) is 20.0 Å². The third-order valence-corrected chi connectivity index (χ3v) is 3.04. The molecule has 0 amide bonds. The molecule has 0 aliphatic carbocycles. The molecule has 6 heteroatoms. The van der Waals surface area contributed by atoms with Crippen LogP contribution in [0.25, 0.3) is 0 Å². The molecule has 0 bridgehead atoms. The number of carboxylic acids is 1. The van der Waals surface area contributed by atoms with Crippen LogP contribution in [0.15, 0.2) is 24.3 Å². The number of hydrogen-bond donors (Lipinski definition) is 2. The normalized spacial score (nSPS) is 14.0. The van der Waals surface area contributed by atoms with E-state index in [1.807, 2.05) is 13.8 Å². The Morgan fingerprint density at radius 3 is 2.55 bits per heavy atom. The number of nitro groups is 1. The SMILES string of the molecule is CC(C)CC(NC(C)c1cccc([N+](=O)[O-])c1)C(=O)O. The molecule has 0 saturated heterocycles. The quantitative estimate of drug-likeness (QED) is 0.591. The van der Waals surface area contributed by atoms with Gasteiger partial charge in [0.05, 0.1) is 4.92 Å². The van der Waals surface area contributed by atoms with Crippen molar-refractivity contribution in [3.8, 4) is 0 Å². The van der Waals surface area contributed by atoms with Crippen molar-refractivity contribution >= 4 is 11.7 Å². The maximum absolute atomic E-state index is 11.2. The molecule has 0 heterocycles. The van der Waals surface area contributed by atoms with Gasteiger partial charge in [0, 0.05) is 18.2 Å². The summed E-state index contributed by atoms with van der Waals surface area (Å²) in [6.45, 7) is 5.71. The second-order valence-electron chi connectivity index (χ2n) is 5.26. The molecule has 6 nitrogen and oxygen atoms in total. The summed E-state index contributed by atoms with van der Waals surface area (Å²) in [6, 6.07) is 5.30. The van der Waals surface area contributed by atoms with Gasteiger partial charge in [0.1, 0.15) is 6.04 Å². The van der Waals surface area contributed by atoms with Crippen LogP contribution in [0.4, 0.5) is 5.69 Å². The smallest absolute Gasteiger partial charge is 0.320 e. The molecule has 0 radical (unpaired) electrons. The van der Waals surface area contributed by atoms with E-state index in [1.165, 1.54) is 12.1 Å². The predicted molar refractivity (Wildman–Crippen MR) is 75.5 cm³/mol. The molecule has 2 unspecified atom stereocenters. The fraction of sp³-hybridized carbons (Fsp3) is 0.500. The molecule has 1 aromatic rings. The first-order valence-corrected chi connectivity index (χ1v) is 6.54. The van der Waals surface area contributed by atoms with Crippen LogP contribution in [0.2, 0.25) is 0 Å². The molecule has 1 rings (SSSR count). The topological polar surface area (TPSA) is 92.5 Å². The lowest BCUT2D eigenvalue weighted by atomic mass is 10.0. The minimum atomic E-state index is -0.906. The van der Waals surface area contributed by atoms with Gasteiger partial charge in [0.25, 0.3) is 5.69 Å². The van der Waals surface area contributed by atoms with Gasteiger partial charge in [0.15, 0.2) is 0 Å². The molecule has 0 saturated carbocycles. The molecule has 0 aliphatic rings. The first kappa shape index (κ1) is 16.1. The van der Waals surface area contributed by atoms with Crippen LogP contribution in [-0.4, -0.2) is 22.0 Å². The van der Waals surface area contributed by atoms with Crippen LogP contribution < -0.4 is 5.32 Å². The number of carboxylic acid groups (broad SMARTS) is 1. The van der Waals surface area contributed by atoms with Crippen LogP contribution in [-0.2, 0) is 4.79 Å². The monoisotopic (exact) mass is 280 g/mol. The number of benzene rings is 1. The average Bonchev–Trinajstić information content (AvgIpc) is 2.37. The average molecular weight is 280 g/mol. The maximum atomic E-state index is 11.2. The maximum Gasteiger partial charge on any atom is 0.320 e. The van der Waals surface area contributed by atoms with Crippen LogP contribution in [0, 0.1) is 16.0 Å². The Balaban J connectivity index is 2.83. The Morgan fingerprint density at radius 2 is 2.05 bits per heavy atom. The van der Waals surface area contributed by atoms with Gasteiger partial charge in [-0.1, -0.05) is 26.0 Å². The summed E-state index contributed by atoms with van der Waals surface area (Å²) in [7, 11) is 0. The largest absolute Gasteiger partial charge is 0.480 e. The first-order valence-electron chi connectivity index (χ1n) is 6.54. The fourth-order valence-corrected chi connectivity index (χ4v) is 2.02. The highest BCUT2D eigenvalue weighted by molar-refractivity contribution is 5.73. The zero-order valence-electron chi connectivity index (χ0n) is 11.9. The van der Waals surface area contributed by atoms with Crippen molar-refractivity contribution < 1.29 is 14.8 Å². The van der Waals surface area contributed by atoms with E-state index < -0.39 is 16.9 Å². The second-order valence-corrected chi connectivity index (χ2v) is 5.26. The van der Waals surface area contributed by atoms with Crippen LogP contribution in [0.5, 0.6) is 0 Å². The van der Waals surface area contributed by atoms with Crippen molar-refractivity contribution in [3.63, 3.8) is 0 Å². The lowest BCUT2D eigenvalue weighted by molar-refractivity contribution is -0.384. The summed E-state index contributed by atoms with van der Waals surface area (Å²) in [5.74, 6) is -0.656. The standard InChI is InChI=1S/C14H20N2O4/c1-9(2)7-13(14(17)18)15-10(3)11-5-4-6-12(8-11)16(19)20/h4-6,8-10,13,15H,7H2,1-3H3,(H,17,18). The Bertz CT molecular complexity index is 488. The number of non-ortho nitro benzene ring substituents is 1. The molecule has 0 fully saturated rings. The summed E-state index contributed by atoms with van der Waals surface area (Å²) >= 11 is 0. The molecule has 0 aliphatic heterocycles. The molecule has 0 spiro atoms. The van der Waals surface area contributed by atoms with E-state index in [1.54, 1.807) is 19.1 Å². The summed E-state index contributed by atoms with van der Waals surface area (Å²) < 4.78 is 0. The van der Waals surface area contributed by atoms with Crippen molar-refractivity contribution in [3.05, 3.63) is 39.9 Å². The number of nitro benzene ring substituents is 1. The van der Waals surface area contributed by atoms with Crippen molar-refractivity contribution in [2.45, 2.75) is 39.3 Å². The van der Waals surface area contributed by atoms with Gasteiger partial charge in [-0.3, -0.25) is 20.2 Å². The van der Waals surface area contributed by atoms with E-state index in [-0.39, 0.29) is 17.6 Å². The minimum Gasteiger partial charge on any atom is -0.480 e. The summed E-state index contributed by atoms with van der Waals surface area (Å²) in [5, 5.41) is 22.9. The Kier molecular flexibility index (Phi) is 5.64. The van der Waals surface area contributed by atoms with Gasteiger partial charge in [-0.25, -0.2) is 0 Å². The van der Waals surface area contributed by atoms with E-state index in [2.05, 4.69) is 5.32 Å². The number of nitrogens with one attached hydrogen (secondary N) is 1. The summed E-state index contributed by atoms with van der Waals surface area (Å²) in [5.41, 5.74) is 0.709. The van der Waals surface area contributed by atoms with E-state index in [4.69, 9.17) is 0 Å². The Labute approximate surface area is 118 Å². The van der Waals surface area contributed by atoms with E-state index in [0.29, 0.717) is 12.0 Å². The summed E-state index contributed by atoms with van der Waals surface area (Å²) in [6.07, 6.45) is 0.509. The third kappa shape index (κ3) is 4.62. The molecule has 2 atom stereocenters. The molecule has 1 aromatic carbocycles. The van der Waals surface area contributed by atoms with Crippen LogP contribution >= 0.6 is 0 Å². The number of hydrogen-bond acceptors (Lipinski definition) is 4. The highest BCUT2D eigenvalue weighted by atomic mass is 16.6. The number of nitrogens with zero attached hydrogens (tertiary/aromatic N) is 1. The Hall–Kier alpha value is -1.95. The Morgan fingerprint density at radius 1 is 1.40 bits per heavy atom. The van der Waals surface area contributed by atoms with Crippen molar-refractivity contribution in [1.29, 1.82) is 0 Å². The molecule has 0 aromatic heterocycles. The first-order chi connectivity index (χ1) is 9.31. The molecule has 20 heavy (non-hydrogen) atoms.